The third-order valence-electron chi connectivity index (χ3n) is 4.32. The number of hydrogen-bond donors (Lipinski definition) is 0. The van der Waals surface area contributed by atoms with Crippen molar-refractivity contribution in [2.24, 2.45) is 0 Å². The molecule has 1 aliphatic heterocycles. The Morgan fingerprint density at radius 1 is 1.00 bits per heavy atom. The van der Waals surface area contributed by atoms with Gasteiger partial charge in [0.15, 0.2) is 0 Å². The second kappa shape index (κ2) is 7.04. The third kappa shape index (κ3) is 3.55. The standard InChI is InChI=1S/C18H18F2N2O3/c1-12-9-14(16(20)10-15(12)19)18(24)22-5-2-4-21(6-7-22)17(23)13-3-8-25-11-13/h3,8-11H,2,4-7H2,1H3. The minimum atomic E-state index is -0.872. The Kier molecular flexibility index (Phi) is 4.83. The fraction of sp³-hybridized carbons (Fsp3) is 0.333. The first-order valence-corrected chi connectivity index (χ1v) is 8.04. The van der Waals surface area contributed by atoms with E-state index >= 15 is 0 Å². The molecule has 3 rings (SSSR count). The molecule has 0 saturated carbocycles. The van der Waals surface area contributed by atoms with Crippen molar-refractivity contribution < 1.29 is 22.8 Å². The third-order valence-corrected chi connectivity index (χ3v) is 4.32. The maximum Gasteiger partial charge on any atom is 0.257 e. The van der Waals surface area contributed by atoms with Crippen LogP contribution in [0.25, 0.3) is 0 Å². The Bertz CT molecular complexity index is 790. The summed E-state index contributed by atoms with van der Waals surface area (Å²) in [4.78, 5) is 28.1. The van der Waals surface area contributed by atoms with Crippen molar-refractivity contribution in [1.82, 2.24) is 9.80 Å². The van der Waals surface area contributed by atoms with Crippen LogP contribution in [0.2, 0.25) is 0 Å². The smallest absolute Gasteiger partial charge is 0.257 e. The first-order chi connectivity index (χ1) is 12.0. The van der Waals surface area contributed by atoms with E-state index in [1.807, 2.05) is 0 Å². The van der Waals surface area contributed by atoms with Gasteiger partial charge in [-0.15, -0.1) is 0 Å². The zero-order chi connectivity index (χ0) is 18.0. The summed E-state index contributed by atoms with van der Waals surface area (Å²) in [6, 6.07) is 3.55. The molecule has 0 radical (unpaired) electrons. The van der Waals surface area contributed by atoms with Crippen LogP contribution in [-0.2, 0) is 0 Å². The van der Waals surface area contributed by atoms with E-state index in [9.17, 15) is 18.4 Å². The highest BCUT2D eigenvalue weighted by Gasteiger charge is 2.25. The Labute approximate surface area is 143 Å². The minimum absolute atomic E-state index is 0.145. The van der Waals surface area contributed by atoms with Gasteiger partial charge in [0.1, 0.15) is 17.9 Å². The van der Waals surface area contributed by atoms with Gasteiger partial charge in [-0.2, -0.15) is 0 Å². The lowest BCUT2D eigenvalue weighted by atomic mass is 10.1. The van der Waals surface area contributed by atoms with Gasteiger partial charge < -0.3 is 14.2 Å². The van der Waals surface area contributed by atoms with Crippen molar-refractivity contribution in [2.45, 2.75) is 13.3 Å². The summed E-state index contributed by atoms with van der Waals surface area (Å²) < 4.78 is 32.3. The summed E-state index contributed by atoms with van der Waals surface area (Å²) in [6.45, 7) is 3.03. The second-order valence-electron chi connectivity index (χ2n) is 6.03. The largest absolute Gasteiger partial charge is 0.472 e. The predicted molar refractivity (Wildman–Crippen MR) is 86.2 cm³/mol. The first-order valence-electron chi connectivity index (χ1n) is 8.04. The summed E-state index contributed by atoms with van der Waals surface area (Å²) in [5, 5.41) is 0. The van der Waals surface area contributed by atoms with E-state index in [4.69, 9.17) is 4.42 Å². The Hall–Kier alpha value is -2.70. The van der Waals surface area contributed by atoms with Crippen molar-refractivity contribution >= 4 is 11.8 Å². The average Bonchev–Trinajstić information content (AvgIpc) is 3.01. The normalized spacial score (nSPS) is 15.2. The highest BCUT2D eigenvalue weighted by atomic mass is 19.1. The van der Waals surface area contributed by atoms with Crippen molar-refractivity contribution in [2.75, 3.05) is 26.2 Å². The molecule has 7 heteroatoms. The van der Waals surface area contributed by atoms with Crippen LogP contribution < -0.4 is 0 Å². The van der Waals surface area contributed by atoms with E-state index in [0.29, 0.717) is 31.6 Å². The molecule has 0 spiro atoms. The van der Waals surface area contributed by atoms with Crippen LogP contribution in [-0.4, -0.2) is 47.8 Å². The van der Waals surface area contributed by atoms with Crippen LogP contribution in [0, 0.1) is 18.6 Å². The van der Waals surface area contributed by atoms with E-state index in [-0.39, 0.29) is 23.6 Å². The zero-order valence-electron chi connectivity index (χ0n) is 13.8. The minimum Gasteiger partial charge on any atom is -0.472 e. The molecule has 1 saturated heterocycles. The molecule has 2 aromatic rings. The summed E-state index contributed by atoms with van der Waals surface area (Å²) in [6.07, 6.45) is 3.39. The number of furan rings is 1. The highest BCUT2D eigenvalue weighted by molar-refractivity contribution is 5.95. The van der Waals surface area contributed by atoms with Gasteiger partial charge in [-0.3, -0.25) is 9.59 Å². The van der Waals surface area contributed by atoms with E-state index in [2.05, 4.69) is 0 Å². The van der Waals surface area contributed by atoms with Crippen LogP contribution in [0.15, 0.2) is 35.1 Å². The zero-order valence-corrected chi connectivity index (χ0v) is 13.8. The quantitative estimate of drug-likeness (QED) is 0.839. The van der Waals surface area contributed by atoms with Crippen molar-refractivity contribution in [3.05, 3.63) is 59.1 Å². The fourth-order valence-corrected chi connectivity index (χ4v) is 2.88. The SMILES string of the molecule is Cc1cc(C(=O)N2CCCN(C(=O)c3ccoc3)CC2)c(F)cc1F. The lowest BCUT2D eigenvalue weighted by Crippen LogP contribution is -2.37. The average molecular weight is 348 g/mol. The van der Waals surface area contributed by atoms with Crippen LogP contribution >= 0.6 is 0 Å². The molecule has 132 valence electrons. The van der Waals surface area contributed by atoms with Gasteiger partial charge in [-0.1, -0.05) is 0 Å². The number of aryl methyl sites for hydroxylation is 1. The molecule has 2 amide bonds. The molecule has 0 atom stereocenters. The van der Waals surface area contributed by atoms with Crippen LogP contribution in [0.3, 0.4) is 0 Å². The van der Waals surface area contributed by atoms with E-state index in [0.717, 1.165) is 6.07 Å². The number of rotatable bonds is 2. The molecular formula is C18H18F2N2O3. The van der Waals surface area contributed by atoms with Gasteiger partial charge in [0, 0.05) is 32.2 Å². The predicted octanol–water partition coefficient (Wildman–Crippen LogP) is 2.85. The number of carbonyl (C=O) groups excluding carboxylic acids is 2. The molecule has 1 aromatic heterocycles. The molecule has 2 heterocycles. The molecule has 0 bridgehead atoms. The number of hydrogen-bond acceptors (Lipinski definition) is 3. The maximum atomic E-state index is 14.0. The molecular weight excluding hydrogens is 330 g/mol. The summed E-state index contributed by atoms with van der Waals surface area (Å²) >= 11 is 0. The second-order valence-corrected chi connectivity index (χ2v) is 6.03. The number of carbonyl (C=O) groups is 2. The fourth-order valence-electron chi connectivity index (χ4n) is 2.88. The Balaban J connectivity index is 1.72. The monoisotopic (exact) mass is 348 g/mol. The van der Waals surface area contributed by atoms with Crippen molar-refractivity contribution in [1.29, 1.82) is 0 Å². The van der Waals surface area contributed by atoms with Crippen LogP contribution in [0.5, 0.6) is 0 Å². The maximum absolute atomic E-state index is 14.0. The number of amides is 2. The van der Waals surface area contributed by atoms with Gasteiger partial charge in [0.25, 0.3) is 11.8 Å². The highest BCUT2D eigenvalue weighted by Crippen LogP contribution is 2.18. The summed E-state index contributed by atoms with van der Waals surface area (Å²) in [7, 11) is 0. The molecule has 0 unspecified atom stereocenters. The van der Waals surface area contributed by atoms with Crippen LogP contribution in [0.4, 0.5) is 8.78 Å². The van der Waals surface area contributed by atoms with E-state index in [1.165, 1.54) is 30.4 Å². The van der Waals surface area contributed by atoms with Gasteiger partial charge in [0.2, 0.25) is 0 Å². The molecule has 1 fully saturated rings. The van der Waals surface area contributed by atoms with E-state index in [1.54, 1.807) is 11.0 Å². The molecule has 5 nitrogen and oxygen atoms in total. The molecule has 25 heavy (non-hydrogen) atoms. The van der Waals surface area contributed by atoms with Crippen molar-refractivity contribution in [3.63, 3.8) is 0 Å². The van der Waals surface area contributed by atoms with Gasteiger partial charge in [0.05, 0.1) is 17.4 Å². The molecule has 0 aliphatic carbocycles. The lowest BCUT2D eigenvalue weighted by molar-refractivity contribution is 0.0715. The molecule has 0 N–H and O–H groups in total. The topological polar surface area (TPSA) is 53.8 Å². The first kappa shape index (κ1) is 17.1. The number of nitrogens with zero attached hydrogens (tertiary/aromatic N) is 2. The summed E-state index contributed by atoms with van der Waals surface area (Å²) in [5.74, 6) is -2.20. The summed E-state index contributed by atoms with van der Waals surface area (Å²) in [5.41, 5.74) is 0.532. The Morgan fingerprint density at radius 2 is 1.68 bits per heavy atom. The number of halogens is 2. The lowest BCUT2D eigenvalue weighted by Gasteiger charge is -2.22. The Morgan fingerprint density at radius 3 is 2.32 bits per heavy atom. The van der Waals surface area contributed by atoms with Gasteiger partial charge in [-0.05, 0) is 31.0 Å². The van der Waals surface area contributed by atoms with Crippen molar-refractivity contribution in [3.8, 4) is 0 Å². The van der Waals surface area contributed by atoms with E-state index < -0.39 is 17.5 Å². The molecule has 1 aliphatic rings. The van der Waals surface area contributed by atoms with Gasteiger partial charge in [-0.25, -0.2) is 8.78 Å². The van der Waals surface area contributed by atoms with Gasteiger partial charge >= 0.3 is 0 Å². The number of benzene rings is 1. The molecule has 1 aromatic carbocycles. The van der Waals surface area contributed by atoms with Crippen LogP contribution in [0.1, 0.15) is 32.7 Å².